The third-order valence-corrected chi connectivity index (χ3v) is 1.46. The van der Waals surface area contributed by atoms with Crippen molar-refractivity contribution >= 4 is 11.9 Å². The predicted octanol–water partition coefficient (Wildman–Crippen LogP) is 0.602. The van der Waals surface area contributed by atoms with E-state index in [0.717, 1.165) is 0 Å². The Bertz CT molecular complexity index is 256. The third kappa shape index (κ3) is 8.73. The van der Waals surface area contributed by atoms with Crippen LogP contribution < -0.4 is 0 Å². The van der Waals surface area contributed by atoms with Gasteiger partial charge in [0.1, 0.15) is 0 Å². The molecular weight excluding hydrogens is 218 g/mol. The summed E-state index contributed by atoms with van der Waals surface area (Å²) >= 11 is 0. The standard InChI is InChI=1S/C8H15N3O5/c1-3-8(14)15-6-16-10-9-11(2)5-4-7(12)13/h3-6H2,1-2H3,(H,12,13)/b10-9-. The van der Waals surface area contributed by atoms with E-state index in [9.17, 15) is 9.59 Å². The van der Waals surface area contributed by atoms with Crippen molar-refractivity contribution in [2.45, 2.75) is 19.8 Å². The van der Waals surface area contributed by atoms with Crippen LogP contribution in [-0.2, 0) is 19.2 Å². The van der Waals surface area contributed by atoms with Crippen molar-refractivity contribution in [3.8, 4) is 0 Å². The summed E-state index contributed by atoms with van der Waals surface area (Å²) in [6, 6.07) is 0. The second-order valence-electron chi connectivity index (χ2n) is 2.81. The van der Waals surface area contributed by atoms with Gasteiger partial charge >= 0.3 is 11.9 Å². The number of hydrogen-bond donors (Lipinski definition) is 1. The lowest BCUT2D eigenvalue weighted by atomic mass is 10.4. The van der Waals surface area contributed by atoms with E-state index in [0.29, 0.717) is 0 Å². The van der Waals surface area contributed by atoms with Crippen LogP contribution in [-0.4, -0.2) is 42.4 Å². The van der Waals surface area contributed by atoms with Crippen molar-refractivity contribution < 1.29 is 24.3 Å². The molecule has 0 aliphatic heterocycles. The molecule has 0 atom stereocenters. The fraction of sp³-hybridized carbons (Fsp3) is 0.750. The molecule has 0 amide bonds. The van der Waals surface area contributed by atoms with Gasteiger partial charge in [-0.05, 0) is 5.22 Å². The Hall–Kier alpha value is -1.86. The van der Waals surface area contributed by atoms with Gasteiger partial charge in [0, 0.05) is 25.3 Å². The van der Waals surface area contributed by atoms with Gasteiger partial charge in [0.25, 0.3) is 6.79 Å². The fourth-order valence-electron chi connectivity index (χ4n) is 0.608. The van der Waals surface area contributed by atoms with Gasteiger partial charge in [-0.2, -0.15) is 0 Å². The summed E-state index contributed by atoms with van der Waals surface area (Å²) in [6.07, 6.45) is 0.222. The molecule has 0 saturated heterocycles. The molecule has 0 rings (SSSR count). The molecule has 0 unspecified atom stereocenters. The zero-order valence-electron chi connectivity index (χ0n) is 9.25. The minimum atomic E-state index is -0.917. The number of hydrogen-bond acceptors (Lipinski definition) is 6. The van der Waals surface area contributed by atoms with E-state index in [1.165, 1.54) is 5.01 Å². The Morgan fingerprint density at radius 2 is 2.12 bits per heavy atom. The van der Waals surface area contributed by atoms with Crippen molar-refractivity contribution in [1.29, 1.82) is 0 Å². The number of carboxylic acid groups (broad SMARTS) is 1. The van der Waals surface area contributed by atoms with Crippen molar-refractivity contribution in [2.75, 3.05) is 20.4 Å². The van der Waals surface area contributed by atoms with E-state index in [2.05, 4.69) is 20.1 Å². The molecule has 0 saturated carbocycles. The highest BCUT2D eigenvalue weighted by Crippen LogP contribution is 1.91. The number of aliphatic carboxylic acids is 1. The minimum absolute atomic E-state index is 0.0413. The Balaban J connectivity index is 3.52. The summed E-state index contributed by atoms with van der Waals surface area (Å²) in [5.41, 5.74) is 0. The van der Waals surface area contributed by atoms with E-state index in [-0.39, 0.29) is 26.2 Å². The van der Waals surface area contributed by atoms with Gasteiger partial charge in [-0.25, -0.2) is 0 Å². The summed E-state index contributed by atoms with van der Waals surface area (Å²) in [7, 11) is 1.55. The first-order valence-corrected chi connectivity index (χ1v) is 4.67. The summed E-state index contributed by atoms with van der Waals surface area (Å²) < 4.78 is 4.54. The molecule has 1 N–H and O–H groups in total. The van der Waals surface area contributed by atoms with Gasteiger partial charge in [-0.1, -0.05) is 6.92 Å². The molecule has 92 valence electrons. The molecule has 0 aromatic rings. The van der Waals surface area contributed by atoms with Crippen LogP contribution in [0.3, 0.4) is 0 Å². The number of nitrogens with zero attached hydrogens (tertiary/aromatic N) is 3. The highest BCUT2D eigenvalue weighted by Gasteiger charge is 2.00. The highest BCUT2D eigenvalue weighted by molar-refractivity contribution is 5.68. The molecule has 0 aliphatic rings. The number of carboxylic acids is 1. The van der Waals surface area contributed by atoms with E-state index in [4.69, 9.17) is 5.11 Å². The van der Waals surface area contributed by atoms with E-state index in [1.54, 1.807) is 14.0 Å². The smallest absolute Gasteiger partial charge is 0.308 e. The molecular formula is C8H15N3O5. The molecule has 0 heterocycles. The largest absolute Gasteiger partial charge is 0.481 e. The normalized spacial score (nSPS) is 10.1. The number of carbonyl (C=O) groups is 2. The van der Waals surface area contributed by atoms with Crippen molar-refractivity contribution in [3.63, 3.8) is 0 Å². The maximum absolute atomic E-state index is 10.6. The lowest BCUT2D eigenvalue weighted by Crippen LogP contribution is -2.15. The van der Waals surface area contributed by atoms with Gasteiger partial charge in [-0.15, -0.1) is 0 Å². The number of carbonyl (C=O) groups excluding carboxylic acids is 1. The molecule has 0 aromatic heterocycles. The summed E-state index contributed by atoms with van der Waals surface area (Å²) in [5.74, 6) is -1.31. The van der Waals surface area contributed by atoms with Crippen LogP contribution in [0.15, 0.2) is 10.5 Å². The Labute approximate surface area is 92.8 Å². The predicted molar refractivity (Wildman–Crippen MR) is 52.1 cm³/mol. The van der Waals surface area contributed by atoms with E-state index in [1.807, 2.05) is 0 Å². The van der Waals surface area contributed by atoms with Gasteiger partial charge in [-0.3, -0.25) is 14.6 Å². The van der Waals surface area contributed by atoms with Gasteiger partial charge in [0.2, 0.25) is 0 Å². The van der Waals surface area contributed by atoms with Crippen molar-refractivity contribution in [1.82, 2.24) is 5.01 Å². The second-order valence-corrected chi connectivity index (χ2v) is 2.81. The monoisotopic (exact) mass is 233 g/mol. The molecule has 8 nitrogen and oxygen atoms in total. The summed E-state index contributed by atoms with van der Waals surface area (Å²) in [4.78, 5) is 25.3. The van der Waals surface area contributed by atoms with Crippen LogP contribution in [0.1, 0.15) is 19.8 Å². The molecule has 0 radical (unpaired) electrons. The first-order chi connectivity index (χ1) is 7.56. The van der Waals surface area contributed by atoms with Crippen LogP contribution in [0.5, 0.6) is 0 Å². The summed E-state index contributed by atoms with van der Waals surface area (Å²) in [5, 5.41) is 16.4. The molecule has 0 fully saturated rings. The number of ether oxygens (including phenoxy) is 1. The third-order valence-electron chi connectivity index (χ3n) is 1.46. The molecule has 0 aliphatic carbocycles. The molecule has 8 heteroatoms. The summed E-state index contributed by atoms with van der Waals surface area (Å²) in [6.45, 7) is 1.57. The average molecular weight is 233 g/mol. The first-order valence-electron chi connectivity index (χ1n) is 4.67. The van der Waals surface area contributed by atoms with Gasteiger partial charge in [0.05, 0.1) is 6.42 Å². The fourth-order valence-corrected chi connectivity index (χ4v) is 0.608. The van der Waals surface area contributed by atoms with Gasteiger partial charge in [0.15, 0.2) is 0 Å². The van der Waals surface area contributed by atoms with E-state index < -0.39 is 11.9 Å². The maximum Gasteiger partial charge on any atom is 0.308 e. The van der Waals surface area contributed by atoms with E-state index >= 15 is 0 Å². The molecule has 16 heavy (non-hydrogen) atoms. The SMILES string of the molecule is CCC(=O)OCO/N=N\N(C)CCC(=O)O. The quantitative estimate of drug-likeness (QED) is 0.216. The van der Waals surface area contributed by atoms with Crippen LogP contribution in [0.2, 0.25) is 0 Å². The topological polar surface area (TPSA) is 101 Å². The Kier molecular flexibility index (Phi) is 7.47. The first kappa shape index (κ1) is 14.1. The lowest BCUT2D eigenvalue weighted by Gasteiger charge is -2.08. The molecule has 0 aromatic carbocycles. The average Bonchev–Trinajstić information content (AvgIpc) is 2.25. The van der Waals surface area contributed by atoms with Crippen LogP contribution in [0.25, 0.3) is 0 Å². The number of esters is 1. The zero-order valence-corrected chi connectivity index (χ0v) is 9.25. The molecule has 0 spiro atoms. The number of rotatable bonds is 8. The molecule has 0 bridgehead atoms. The van der Waals surface area contributed by atoms with Gasteiger partial charge < -0.3 is 14.7 Å². The van der Waals surface area contributed by atoms with Crippen molar-refractivity contribution in [3.05, 3.63) is 0 Å². The van der Waals surface area contributed by atoms with Crippen LogP contribution >= 0.6 is 0 Å². The van der Waals surface area contributed by atoms with Crippen LogP contribution in [0, 0.1) is 0 Å². The Morgan fingerprint density at radius 3 is 2.69 bits per heavy atom. The maximum atomic E-state index is 10.6. The minimum Gasteiger partial charge on any atom is -0.481 e. The second kappa shape index (κ2) is 8.45. The Morgan fingerprint density at radius 1 is 1.44 bits per heavy atom. The lowest BCUT2D eigenvalue weighted by molar-refractivity contribution is -0.157. The van der Waals surface area contributed by atoms with Crippen molar-refractivity contribution in [2.24, 2.45) is 10.5 Å². The highest BCUT2D eigenvalue weighted by atomic mass is 16.8. The van der Waals surface area contributed by atoms with Crippen LogP contribution in [0.4, 0.5) is 0 Å². The zero-order chi connectivity index (χ0) is 12.4.